The first kappa shape index (κ1) is 39.2. The van der Waals surface area contributed by atoms with E-state index in [0.717, 1.165) is 0 Å². The van der Waals surface area contributed by atoms with Crippen molar-refractivity contribution in [2.75, 3.05) is 13.1 Å². The number of hydrogen-bond donors (Lipinski definition) is 9. The van der Waals surface area contributed by atoms with Crippen LogP contribution in [0.15, 0.2) is 0 Å². The van der Waals surface area contributed by atoms with Crippen LogP contribution in [0.3, 0.4) is 0 Å². The maximum absolute atomic E-state index is 13.5. The number of carboxylic acid groups (broad SMARTS) is 3. The minimum Gasteiger partial charge on any atom is -0.481 e. The quantitative estimate of drug-likeness (QED) is 0.0617. The highest BCUT2D eigenvalue weighted by Gasteiger charge is 2.39. The first-order chi connectivity index (χ1) is 21.4. The van der Waals surface area contributed by atoms with Gasteiger partial charge in [-0.3, -0.25) is 38.4 Å². The summed E-state index contributed by atoms with van der Waals surface area (Å²) >= 11 is 0. The Labute approximate surface area is 264 Å². The van der Waals surface area contributed by atoms with Gasteiger partial charge in [0.25, 0.3) is 0 Å². The van der Waals surface area contributed by atoms with Gasteiger partial charge in [0.2, 0.25) is 35.4 Å². The lowest BCUT2D eigenvalue weighted by Gasteiger charge is -2.30. The summed E-state index contributed by atoms with van der Waals surface area (Å²) < 4.78 is 0. The van der Waals surface area contributed by atoms with Crippen LogP contribution >= 0.6 is 0 Å². The molecule has 0 aromatic heterocycles. The third-order valence-corrected chi connectivity index (χ3v) is 6.91. The first-order valence-electron chi connectivity index (χ1n) is 14.6. The molecule has 1 rings (SSSR count). The number of amides is 6. The van der Waals surface area contributed by atoms with Gasteiger partial charge in [-0.25, -0.2) is 4.79 Å². The molecule has 5 atom stereocenters. The first-order valence-corrected chi connectivity index (χ1v) is 14.6. The molecule has 0 aliphatic carbocycles. The topological polar surface area (TPSA) is 318 Å². The van der Waals surface area contributed by atoms with Crippen molar-refractivity contribution in [1.29, 1.82) is 0 Å². The molecular formula is C27H43N7O12. The summed E-state index contributed by atoms with van der Waals surface area (Å²) in [4.78, 5) is 110. The van der Waals surface area contributed by atoms with Crippen LogP contribution in [0.4, 0.5) is 0 Å². The number of carbonyl (C=O) groups is 9. The second kappa shape index (κ2) is 18.9. The Balaban J connectivity index is 2.96. The molecule has 0 spiro atoms. The fourth-order valence-corrected chi connectivity index (χ4v) is 4.62. The molecule has 1 heterocycles. The third kappa shape index (κ3) is 13.9. The van der Waals surface area contributed by atoms with E-state index < -0.39 is 96.5 Å². The second-order valence-electron chi connectivity index (χ2n) is 11.3. The molecule has 0 bridgehead atoms. The third-order valence-electron chi connectivity index (χ3n) is 6.91. The number of carbonyl (C=O) groups excluding carboxylic acids is 6. The lowest BCUT2D eigenvalue weighted by atomic mass is 10.0. The van der Waals surface area contributed by atoms with Crippen LogP contribution in [-0.2, 0) is 43.2 Å². The van der Waals surface area contributed by atoms with Crippen LogP contribution in [0.1, 0.15) is 65.2 Å². The van der Waals surface area contributed by atoms with Gasteiger partial charge in [-0.15, -0.1) is 0 Å². The van der Waals surface area contributed by atoms with Crippen LogP contribution in [0, 0.1) is 5.92 Å². The molecule has 19 heteroatoms. The maximum atomic E-state index is 13.5. The molecule has 11 N–H and O–H groups in total. The van der Waals surface area contributed by atoms with E-state index in [2.05, 4.69) is 21.3 Å². The Morgan fingerprint density at radius 2 is 1.48 bits per heavy atom. The summed E-state index contributed by atoms with van der Waals surface area (Å²) in [6, 6.07) is -6.60. The molecule has 0 radical (unpaired) electrons. The molecule has 1 fully saturated rings. The van der Waals surface area contributed by atoms with E-state index in [9.17, 15) is 53.4 Å². The number of nitrogens with one attached hydrogen (secondary N) is 4. The molecule has 6 amide bonds. The Morgan fingerprint density at radius 1 is 0.826 bits per heavy atom. The van der Waals surface area contributed by atoms with Gasteiger partial charge in [0, 0.05) is 19.4 Å². The standard InChI is InChI=1S/C27H43N7O12/c1-13(2)10-17(33-23(41)14(28)5-8-21(37)38)26(44)34-9-3-4-18(34)25(43)32-16(11-22(39)40)24(42)30-12-20(36)31-15(27(45)46)6-7-19(29)35/h13-18H,3-12,28H2,1-2H3,(H2,29,35)(H,30,42)(H,31,36)(H,32,43)(H,33,41)(H,37,38)(H,39,40)(H,45,46)/t14-,15-,16-,17-,18-/m0/s1. The predicted octanol–water partition coefficient (Wildman–Crippen LogP) is -3.39. The van der Waals surface area contributed by atoms with E-state index in [1.807, 2.05) is 0 Å². The summed E-state index contributed by atoms with van der Waals surface area (Å²) in [6.07, 6.45) is -1.36. The SMILES string of the molecule is CC(C)C[C@H](NC(=O)[C@@H](N)CCC(=O)O)C(=O)N1CCC[C@H]1C(=O)N[C@@H](CC(=O)O)C(=O)NCC(=O)N[C@@H](CCC(N)=O)C(=O)O. The zero-order chi connectivity index (χ0) is 35.1. The number of rotatable bonds is 20. The number of aliphatic carboxylic acids is 3. The molecule has 0 unspecified atom stereocenters. The fourth-order valence-electron chi connectivity index (χ4n) is 4.62. The lowest BCUT2D eigenvalue weighted by Crippen LogP contribution is -2.58. The molecular weight excluding hydrogens is 614 g/mol. The van der Waals surface area contributed by atoms with Crippen LogP contribution in [0.5, 0.6) is 0 Å². The number of carboxylic acids is 3. The Bertz CT molecular complexity index is 1180. The van der Waals surface area contributed by atoms with Crippen LogP contribution in [0.25, 0.3) is 0 Å². The molecule has 258 valence electrons. The van der Waals surface area contributed by atoms with E-state index >= 15 is 0 Å². The highest BCUT2D eigenvalue weighted by Crippen LogP contribution is 2.21. The number of nitrogens with two attached hydrogens (primary N) is 2. The predicted molar refractivity (Wildman–Crippen MR) is 156 cm³/mol. The minimum absolute atomic E-state index is 0.0888. The monoisotopic (exact) mass is 657 g/mol. The lowest BCUT2D eigenvalue weighted by molar-refractivity contribution is -0.144. The van der Waals surface area contributed by atoms with Crippen molar-refractivity contribution < 1.29 is 58.5 Å². The largest absolute Gasteiger partial charge is 0.481 e. The van der Waals surface area contributed by atoms with Gasteiger partial charge >= 0.3 is 17.9 Å². The van der Waals surface area contributed by atoms with Gasteiger partial charge in [0.05, 0.1) is 19.0 Å². The highest BCUT2D eigenvalue weighted by atomic mass is 16.4. The van der Waals surface area contributed by atoms with Gasteiger partial charge in [-0.1, -0.05) is 13.8 Å². The summed E-state index contributed by atoms with van der Waals surface area (Å²) in [5.74, 6) is -9.23. The van der Waals surface area contributed by atoms with E-state index in [1.54, 1.807) is 13.8 Å². The van der Waals surface area contributed by atoms with Crippen LogP contribution < -0.4 is 32.7 Å². The summed E-state index contributed by atoms with van der Waals surface area (Å²) in [5.41, 5.74) is 10.8. The number of nitrogens with zero attached hydrogens (tertiary/aromatic N) is 1. The zero-order valence-electron chi connectivity index (χ0n) is 25.7. The van der Waals surface area contributed by atoms with Gasteiger partial charge < -0.3 is 53.0 Å². The van der Waals surface area contributed by atoms with Crippen molar-refractivity contribution in [2.45, 2.75) is 95.4 Å². The maximum Gasteiger partial charge on any atom is 0.326 e. The molecule has 0 aromatic carbocycles. The van der Waals surface area contributed by atoms with E-state index in [4.69, 9.17) is 16.6 Å². The number of hydrogen-bond acceptors (Lipinski definition) is 10. The average Bonchev–Trinajstić information content (AvgIpc) is 3.45. The fraction of sp³-hybridized carbons (Fsp3) is 0.667. The molecule has 0 aromatic rings. The molecule has 1 aliphatic heterocycles. The van der Waals surface area contributed by atoms with Gasteiger partial charge in [0.1, 0.15) is 24.2 Å². The van der Waals surface area contributed by atoms with Gasteiger partial charge in [-0.2, -0.15) is 0 Å². The van der Waals surface area contributed by atoms with Crippen molar-refractivity contribution in [1.82, 2.24) is 26.2 Å². The molecule has 0 saturated carbocycles. The molecule has 19 nitrogen and oxygen atoms in total. The van der Waals surface area contributed by atoms with Crippen molar-refractivity contribution in [3.8, 4) is 0 Å². The van der Waals surface area contributed by atoms with Crippen molar-refractivity contribution in [2.24, 2.45) is 17.4 Å². The summed E-state index contributed by atoms with van der Waals surface area (Å²) in [5, 5.41) is 36.4. The summed E-state index contributed by atoms with van der Waals surface area (Å²) in [7, 11) is 0. The van der Waals surface area contributed by atoms with Crippen LogP contribution in [0.2, 0.25) is 0 Å². The van der Waals surface area contributed by atoms with Gasteiger partial charge in [-0.05, 0) is 38.0 Å². The highest BCUT2D eigenvalue weighted by molar-refractivity contribution is 5.97. The number of primary amides is 1. The Morgan fingerprint density at radius 3 is 2.02 bits per heavy atom. The van der Waals surface area contributed by atoms with Gasteiger partial charge in [0.15, 0.2) is 0 Å². The van der Waals surface area contributed by atoms with E-state index in [-0.39, 0.29) is 51.0 Å². The van der Waals surface area contributed by atoms with Crippen molar-refractivity contribution >= 4 is 53.4 Å². The van der Waals surface area contributed by atoms with E-state index in [1.165, 1.54) is 4.90 Å². The Hall–Kier alpha value is -4.81. The molecule has 46 heavy (non-hydrogen) atoms. The molecule has 1 saturated heterocycles. The summed E-state index contributed by atoms with van der Waals surface area (Å²) in [6.45, 7) is 2.92. The van der Waals surface area contributed by atoms with Crippen LogP contribution in [-0.4, -0.2) is 117 Å². The van der Waals surface area contributed by atoms with Crippen molar-refractivity contribution in [3.63, 3.8) is 0 Å². The van der Waals surface area contributed by atoms with E-state index in [0.29, 0.717) is 6.42 Å². The molecule has 1 aliphatic rings. The second-order valence-corrected chi connectivity index (χ2v) is 11.3. The van der Waals surface area contributed by atoms with Crippen molar-refractivity contribution in [3.05, 3.63) is 0 Å². The smallest absolute Gasteiger partial charge is 0.326 e. The Kier molecular flexibility index (Phi) is 16.1. The average molecular weight is 658 g/mol. The normalized spacial score (nSPS) is 16.8. The number of likely N-dealkylation sites (tertiary alicyclic amines) is 1. The zero-order valence-corrected chi connectivity index (χ0v) is 25.7. The minimum atomic E-state index is -1.68.